The summed E-state index contributed by atoms with van der Waals surface area (Å²) in [5.41, 5.74) is 1.21. The highest BCUT2D eigenvalue weighted by atomic mass is 16.5. The zero-order valence-electron chi connectivity index (χ0n) is 12.8. The van der Waals surface area contributed by atoms with Crippen LogP contribution in [0.1, 0.15) is 25.5 Å². The molecule has 112 valence electrons. The van der Waals surface area contributed by atoms with Gasteiger partial charge in [0.25, 0.3) is 0 Å². The molecular weight excluding hydrogens is 252 g/mol. The molecule has 0 saturated carbocycles. The van der Waals surface area contributed by atoms with Crippen LogP contribution in [0.2, 0.25) is 0 Å². The van der Waals surface area contributed by atoms with Gasteiger partial charge in [-0.2, -0.15) is 0 Å². The second-order valence-electron chi connectivity index (χ2n) is 5.36. The van der Waals surface area contributed by atoms with Crippen molar-refractivity contribution in [1.82, 2.24) is 10.2 Å². The predicted octanol–water partition coefficient (Wildman–Crippen LogP) is 2.07. The van der Waals surface area contributed by atoms with Gasteiger partial charge in [-0.1, -0.05) is 18.2 Å². The highest BCUT2D eigenvalue weighted by Gasteiger charge is 2.19. The Morgan fingerprint density at radius 3 is 3.00 bits per heavy atom. The van der Waals surface area contributed by atoms with Gasteiger partial charge in [0.05, 0.1) is 19.3 Å². The van der Waals surface area contributed by atoms with E-state index in [1.54, 1.807) is 0 Å². The van der Waals surface area contributed by atoms with Crippen molar-refractivity contribution in [2.75, 3.05) is 39.9 Å². The van der Waals surface area contributed by atoms with Crippen LogP contribution in [-0.2, 0) is 4.74 Å². The molecule has 0 amide bonds. The average molecular weight is 278 g/mol. The first-order valence-corrected chi connectivity index (χ1v) is 7.46. The first-order valence-electron chi connectivity index (χ1n) is 7.46. The molecule has 1 heterocycles. The maximum atomic E-state index is 5.78. The number of morpholine rings is 1. The third kappa shape index (κ3) is 4.20. The quantitative estimate of drug-likeness (QED) is 0.863. The molecule has 0 aromatic heterocycles. The van der Waals surface area contributed by atoms with Gasteiger partial charge in [-0.3, -0.25) is 0 Å². The Balaban J connectivity index is 1.89. The normalized spacial score (nSPS) is 21.6. The molecule has 2 unspecified atom stereocenters. The SMILES string of the molecule is CCOc1ccccc1C(C)NCC1CN(C)CCO1. The molecule has 0 bridgehead atoms. The molecule has 1 aromatic carbocycles. The Kier molecular flexibility index (Phi) is 5.83. The molecule has 4 heteroatoms. The highest BCUT2D eigenvalue weighted by molar-refractivity contribution is 5.35. The average Bonchev–Trinajstić information content (AvgIpc) is 2.46. The first kappa shape index (κ1) is 15.3. The van der Waals surface area contributed by atoms with E-state index in [1.807, 2.05) is 19.1 Å². The molecule has 1 N–H and O–H groups in total. The fourth-order valence-electron chi connectivity index (χ4n) is 2.53. The van der Waals surface area contributed by atoms with E-state index in [2.05, 4.69) is 36.3 Å². The molecular formula is C16H26N2O2. The molecule has 1 aliphatic heterocycles. The van der Waals surface area contributed by atoms with E-state index in [4.69, 9.17) is 9.47 Å². The summed E-state index contributed by atoms with van der Waals surface area (Å²) in [5.74, 6) is 0.969. The van der Waals surface area contributed by atoms with Crippen molar-refractivity contribution in [1.29, 1.82) is 0 Å². The largest absolute Gasteiger partial charge is 0.494 e. The molecule has 1 fully saturated rings. The lowest BCUT2D eigenvalue weighted by molar-refractivity contribution is -0.0191. The third-order valence-electron chi connectivity index (χ3n) is 3.68. The molecule has 1 saturated heterocycles. The lowest BCUT2D eigenvalue weighted by Crippen LogP contribution is -2.45. The number of likely N-dealkylation sites (N-methyl/N-ethyl adjacent to an activating group) is 1. The van der Waals surface area contributed by atoms with Gasteiger partial charge in [-0.25, -0.2) is 0 Å². The van der Waals surface area contributed by atoms with Crippen LogP contribution in [0, 0.1) is 0 Å². The number of nitrogens with one attached hydrogen (secondary N) is 1. The summed E-state index contributed by atoms with van der Waals surface area (Å²) in [5, 5.41) is 3.56. The van der Waals surface area contributed by atoms with Gasteiger partial charge < -0.3 is 19.7 Å². The van der Waals surface area contributed by atoms with Crippen LogP contribution in [0.3, 0.4) is 0 Å². The summed E-state index contributed by atoms with van der Waals surface area (Å²) in [4.78, 5) is 2.31. The lowest BCUT2D eigenvalue weighted by atomic mass is 10.1. The second kappa shape index (κ2) is 7.62. The van der Waals surface area contributed by atoms with Gasteiger partial charge in [-0.15, -0.1) is 0 Å². The van der Waals surface area contributed by atoms with Crippen LogP contribution in [0.4, 0.5) is 0 Å². The zero-order valence-corrected chi connectivity index (χ0v) is 12.8. The molecule has 0 aliphatic carbocycles. The van der Waals surface area contributed by atoms with Crippen LogP contribution < -0.4 is 10.1 Å². The molecule has 2 rings (SSSR count). The monoisotopic (exact) mass is 278 g/mol. The van der Waals surface area contributed by atoms with Crippen LogP contribution in [0.25, 0.3) is 0 Å². The minimum Gasteiger partial charge on any atom is -0.494 e. The van der Waals surface area contributed by atoms with Crippen LogP contribution in [0.5, 0.6) is 5.75 Å². The maximum Gasteiger partial charge on any atom is 0.124 e. The van der Waals surface area contributed by atoms with Gasteiger partial charge in [-0.05, 0) is 27.0 Å². The highest BCUT2D eigenvalue weighted by Crippen LogP contribution is 2.24. The number of hydrogen-bond acceptors (Lipinski definition) is 4. The van der Waals surface area contributed by atoms with Gasteiger partial charge in [0.15, 0.2) is 0 Å². The summed E-state index contributed by atoms with van der Waals surface area (Å²) in [6.07, 6.45) is 0.274. The van der Waals surface area contributed by atoms with E-state index < -0.39 is 0 Å². The van der Waals surface area contributed by atoms with E-state index in [1.165, 1.54) is 5.56 Å². The number of rotatable bonds is 6. The van der Waals surface area contributed by atoms with Crippen molar-refractivity contribution in [3.05, 3.63) is 29.8 Å². The molecule has 0 radical (unpaired) electrons. The Morgan fingerprint density at radius 1 is 1.45 bits per heavy atom. The van der Waals surface area contributed by atoms with E-state index >= 15 is 0 Å². The molecule has 4 nitrogen and oxygen atoms in total. The first-order chi connectivity index (χ1) is 9.70. The van der Waals surface area contributed by atoms with Gasteiger partial charge in [0.1, 0.15) is 5.75 Å². The Hall–Kier alpha value is -1.10. The molecule has 20 heavy (non-hydrogen) atoms. The summed E-state index contributed by atoms with van der Waals surface area (Å²) in [6.45, 7) is 8.59. The number of hydrogen-bond donors (Lipinski definition) is 1. The minimum absolute atomic E-state index is 0.258. The standard InChI is InChI=1S/C16H26N2O2/c1-4-19-16-8-6-5-7-15(16)13(2)17-11-14-12-18(3)9-10-20-14/h5-8,13-14,17H,4,9-12H2,1-3H3. The summed E-state index contributed by atoms with van der Waals surface area (Å²) >= 11 is 0. The van der Waals surface area contributed by atoms with Gasteiger partial charge in [0.2, 0.25) is 0 Å². The number of benzene rings is 1. The number of ether oxygens (including phenoxy) is 2. The van der Waals surface area contributed by atoms with E-state index in [0.29, 0.717) is 6.61 Å². The lowest BCUT2D eigenvalue weighted by Gasteiger charge is -2.31. The maximum absolute atomic E-state index is 5.78. The van der Waals surface area contributed by atoms with Crippen molar-refractivity contribution in [3.63, 3.8) is 0 Å². The molecule has 1 aromatic rings. The fourth-order valence-corrected chi connectivity index (χ4v) is 2.53. The van der Waals surface area contributed by atoms with Crippen molar-refractivity contribution in [3.8, 4) is 5.75 Å². The minimum atomic E-state index is 0.258. The van der Waals surface area contributed by atoms with Crippen molar-refractivity contribution >= 4 is 0 Å². The Labute approximate surface area is 122 Å². The summed E-state index contributed by atoms with van der Waals surface area (Å²) < 4.78 is 11.5. The number of nitrogens with zero attached hydrogens (tertiary/aromatic N) is 1. The predicted molar refractivity (Wildman–Crippen MR) is 81.3 cm³/mol. The summed E-state index contributed by atoms with van der Waals surface area (Å²) in [7, 11) is 2.14. The fraction of sp³-hybridized carbons (Fsp3) is 0.625. The third-order valence-corrected chi connectivity index (χ3v) is 3.68. The van der Waals surface area contributed by atoms with Crippen LogP contribution >= 0.6 is 0 Å². The van der Waals surface area contributed by atoms with Crippen LogP contribution in [0.15, 0.2) is 24.3 Å². The number of para-hydroxylation sites is 1. The van der Waals surface area contributed by atoms with Crippen LogP contribution in [-0.4, -0.2) is 50.9 Å². The van der Waals surface area contributed by atoms with Crippen molar-refractivity contribution < 1.29 is 9.47 Å². The van der Waals surface area contributed by atoms with E-state index in [0.717, 1.165) is 32.0 Å². The van der Waals surface area contributed by atoms with Crippen molar-refractivity contribution in [2.24, 2.45) is 0 Å². The van der Waals surface area contributed by atoms with Crippen molar-refractivity contribution in [2.45, 2.75) is 26.0 Å². The Bertz CT molecular complexity index is 411. The second-order valence-corrected chi connectivity index (χ2v) is 5.36. The molecule has 1 aliphatic rings. The van der Waals surface area contributed by atoms with Gasteiger partial charge in [0, 0.05) is 31.2 Å². The smallest absolute Gasteiger partial charge is 0.124 e. The zero-order chi connectivity index (χ0) is 14.4. The Morgan fingerprint density at radius 2 is 2.25 bits per heavy atom. The molecule has 2 atom stereocenters. The van der Waals surface area contributed by atoms with E-state index in [9.17, 15) is 0 Å². The van der Waals surface area contributed by atoms with E-state index in [-0.39, 0.29) is 12.1 Å². The molecule has 0 spiro atoms. The van der Waals surface area contributed by atoms with Gasteiger partial charge >= 0.3 is 0 Å². The summed E-state index contributed by atoms with van der Waals surface area (Å²) in [6, 6.07) is 8.48. The topological polar surface area (TPSA) is 33.7 Å².